The summed E-state index contributed by atoms with van der Waals surface area (Å²) in [7, 11) is -3.82. The van der Waals surface area contributed by atoms with Crippen LogP contribution in [0.5, 0.6) is 0 Å². The summed E-state index contributed by atoms with van der Waals surface area (Å²) in [4.78, 5) is 22.8. The second kappa shape index (κ2) is 8.39. The van der Waals surface area contributed by atoms with Gasteiger partial charge in [-0.1, -0.05) is 24.3 Å². The van der Waals surface area contributed by atoms with E-state index in [9.17, 15) is 23.3 Å². The minimum atomic E-state index is -3.82. The maximum atomic E-state index is 12.5. The van der Waals surface area contributed by atoms with Crippen molar-refractivity contribution in [1.29, 1.82) is 0 Å². The van der Waals surface area contributed by atoms with Crippen LogP contribution in [0.3, 0.4) is 0 Å². The van der Waals surface area contributed by atoms with Crippen molar-refractivity contribution in [1.82, 2.24) is 5.32 Å². The number of hydrogen-bond acceptors (Lipinski definition) is 5. The molecule has 2 aromatic rings. The predicted octanol–water partition coefficient (Wildman–Crippen LogP) is 2.86. The molecule has 150 valence electrons. The topological polar surface area (TPSA) is 110 Å². The average molecular weight is 405 g/mol. The van der Waals surface area contributed by atoms with E-state index in [2.05, 4.69) is 5.32 Å². The monoisotopic (exact) mass is 405 g/mol. The molecule has 0 aliphatic rings. The molecular weight excluding hydrogens is 382 g/mol. The van der Waals surface area contributed by atoms with Gasteiger partial charge >= 0.3 is 0 Å². The van der Waals surface area contributed by atoms with E-state index in [0.717, 1.165) is 33.3 Å². The summed E-state index contributed by atoms with van der Waals surface area (Å²) in [6.45, 7) is 5.29. The average Bonchev–Trinajstić information content (AvgIpc) is 2.61. The SMILES string of the molecule is Cc1ccc(C(C)NC(=O)CN(c2cccc([N+](=O)[O-])c2)S(C)(=O)=O)cc1C. The molecule has 0 aliphatic heterocycles. The van der Waals surface area contributed by atoms with Crippen LogP contribution < -0.4 is 9.62 Å². The van der Waals surface area contributed by atoms with Crippen LogP contribution in [0, 0.1) is 24.0 Å². The fraction of sp³-hybridized carbons (Fsp3) is 0.316. The Morgan fingerprint density at radius 3 is 2.43 bits per heavy atom. The lowest BCUT2D eigenvalue weighted by molar-refractivity contribution is -0.384. The molecule has 0 radical (unpaired) electrons. The maximum Gasteiger partial charge on any atom is 0.271 e. The van der Waals surface area contributed by atoms with Gasteiger partial charge in [-0.25, -0.2) is 8.42 Å². The summed E-state index contributed by atoms with van der Waals surface area (Å²) in [6.07, 6.45) is 0.950. The molecule has 0 saturated carbocycles. The number of sulfonamides is 1. The molecule has 28 heavy (non-hydrogen) atoms. The zero-order valence-electron chi connectivity index (χ0n) is 16.2. The highest BCUT2D eigenvalue weighted by molar-refractivity contribution is 7.92. The van der Waals surface area contributed by atoms with Crippen molar-refractivity contribution in [2.75, 3.05) is 17.1 Å². The Morgan fingerprint density at radius 2 is 1.86 bits per heavy atom. The summed E-state index contributed by atoms with van der Waals surface area (Å²) in [5.41, 5.74) is 2.93. The Morgan fingerprint density at radius 1 is 1.18 bits per heavy atom. The Bertz CT molecular complexity index is 1000. The number of non-ortho nitro benzene ring substituents is 1. The number of amides is 1. The lowest BCUT2D eigenvalue weighted by atomic mass is 10.0. The molecule has 0 fully saturated rings. The lowest BCUT2D eigenvalue weighted by Gasteiger charge is -2.23. The number of aryl methyl sites for hydroxylation is 2. The Balaban J connectivity index is 2.20. The number of nitrogens with zero attached hydrogens (tertiary/aromatic N) is 2. The second-order valence-corrected chi connectivity index (χ2v) is 8.59. The van der Waals surface area contributed by atoms with E-state index in [4.69, 9.17) is 0 Å². The number of hydrogen-bond donors (Lipinski definition) is 1. The van der Waals surface area contributed by atoms with Crippen molar-refractivity contribution in [3.05, 3.63) is 69.3 Å². The van der Waals surface area contributed by atoms with Crippen LogP contribution in [0.4, 0.5) is 11.4 Å². The van der Waals surface area contributed by atoms with Gasteiger partial charge in [0.1, 0.15) is 6.54 Å². The third-order valence-corrected chi connectivity index (χ3v) is 5.57. The van der Waals surface area contributed by atoms with E-state index in [-0.39, 0.29) is 17.4 Å². The molecule has 0 saturated heterocycles. The van der Waals surface area contributed by atoms with Crippen molar-refractivity contribution >= 4 is 27.3 Å². The molecule has 2 aromatic carbocycles. The van der Waals surface area contributed by atoms with E-state index < -0.39 is 27.4 Å². The lowest BCUT2D eigenvalue weighted by Crippen LogP contribution is -2.41. The number of carbonyl (C=O) groups is 1. The van der Waals surface area contributed by atoms with E-state index in [1.807, 2.05) is 32.0 Å². The first-order chi connectivity index (χ1) is 13.0. The molecule has 0 aliphatic carbocycles. The molecule has 8 nitrogen and oxygen atoms in total. The third kappa shape index (κ3) is 5.29. The number of rotatable bonds is 7. The third-order valence-electron chi connectivity index (χ3n) is 4.42. The van der Waals surface area contributed by atoms with Crippen molar-refractivity contribution in [3.8, 4) is 0 Å². The van der Waals surface area contributed by atoms with E-state index in [1.54, 1.807) is 6.92 Å². The predicted molar refractivity (Wildman–Crippen MR) is 108 cm³/mol. The molecule has 1 amide bonds. The standard InChI is InChI=1S/C19H23N3O5S/c1-13-8-9-16(10-14(13)2)15(3)20-19(23)12-21(28(4,26)27)17-6-5-7-18(11-17)22(24)25/h5-11,15H,12H2,1-4H3,(H,20,23). The number of nitro benzene ring substituents is 1. The van der Waals surface area contributed by atoms with Crippen molar-refractivity contribution in [2.24, 2.45) is 0 Å². The fourth-order valence-corrected chi connectivity index (χ4v) is 3.54. The first-order valence-electron chi connectivity index (χ1n) is 8.57. The Labute approximate surface area is 164 Å². The van der Waals surface area contributed by atoms with E-state index in [0.29, 0.717) is 0 Å². The zero-order valence-corrected chi connectivity index (χ0v) is 17.0. The molecule has 1 N–H and O–H groups in total. The molecule has 1 atom stereocenters. The number of nitro groups is 1. The van der Waals surface area contributed by atoms with Crippen molar-refractivity contribution in [3.63, 3.8) is 0 Å². The smallest absolute Gasteiger partial charge is 0.271 e. The maximum absolute atomic E-state index is 12.5. The first kappa shape index (κ1) is 21.4. The van der Waals surface area contributed by atoms with Crippen LogP contribution in [0.1, 0.15) is 29.7 Å². The van der Waals surface area contributed by atoms with Gasteiger partial charge in [0.05, 0.1) is 22.9 Å². The number of nitrogens with one attached hydrogen (secondary N) is 1. The van der Waals surface area contributed by atoms with Crippen LogP contribution in [0.15, 0.2) is 42.5 Å². The van der Waals surface area contributed by atoms with Crippen molar-refractivity contribution < 1.29 is 18.1 Å². The normalized spacial score (nSPS) is 12.3. The van der Waals surface area contributed by atoms with Gasteiger partial charge in [0, 0.05) is 12.1 Å². The van der Waals surface area contributed by atoms with Crippen LogP contribution in [-0.4, -0.2) is 32.0 Å². The van der Waals surface area contributed by atoms with Gasteiger partial charge in [-0.05, 0) is 43.5 Å². The highest BCUT2D eigenvalue weighted by Gasteiger charge is 2.23. The van der Waals surface area contributed by atoms with Crippen LogP contribution in [0.2, 0.25) is 0 Å². The van der Waals surface area contributed by atoms with Crippen LogP contribution in [0.25, 0.3) is 0 Å². The van der Waals surface area contributed by atoms with Gasteiger partial charge in [0.25, 0.3) is 5.69 Å². The number of benzene rings is 2. The molecule has 0 heterocycles. The van der Waals surface area contributed by atoms with Crippen LogP contribution in [-0.2, 0) is 14.8 Å². The zero-order chi connectivity index (χ0) is 21.1. The van der Waals surface area contributed by atoms with Gasteiger partial charge in [0.15, 0.2) is 0 Å². The molecule has 0 bridgehead atoms. The first-order valence-corrected chi connectivity index (χ1v) is 10.4. The summed E-state index contributed by atoms with van der Waals surface area (Å²) >= 11 is 0. The summed E-state index contributed by atoms with van der Waals surface area (Å²) in [6, 6.07) is 10.7. The number of anilines is 1. The minimum Gasteiger partial charge on any atom is -0.348 e. The van der Waals surface area contributed by atoms with Gasteiger partial charge in [-0.15, -0.1) is 0 Å². The van der Waals surface area contributed by atoms with Crippen molar-refractivity contribution in [2.45, 2.75) is 26.8 Å². The summed E-state index contributed by atoms with van der Waals surface area (Å²) in [5.74, 6) is -0.511. The summed E-state index contributed by atoms with van der Waals surface area (Å²) in [5, 5.41) is 13.7. The second-order valence-electron chi connectivity index (χ2n) is 6.68. The number of carbonyl (C=O) groups excluding carboxylic acids is 1. The minimum absolute atomic E-state index is 0.0608. The van der Waals surface area contributed by atoms with Gasteiger partial charge in [-0.3, -0.25) is 19.2 Å². The van der Waals surface area contributed by atoms with Gasteiger partial charge in [0.2, 0.25) is 15.9 Å². The quantitative estimate of drug-likeness (QED) is 0.563. The highest BCUT2D eigenvalue weighted by Crippen LogP contribution is 2.23. The molecule has 2 rings (SSSR count). The molecule has 0 aromatic heterocycles. The Kier molecular flexibility index (Phi) is 6.40. The molecule has 1 unspecified atom stereocenters. The highest BCUT2D eigenvalue weighted by atomic mass is 32.2. The van der Waals surface area contributed by atoms with E-state index >= 15 is 0 Å². The molecule has 0 spiro atoms. The fourth-order valence-electron chi connectivity index (χ4n) is 2.70. The largest absolute Gasteiger partial charge is 0.348 e. The Hall–Kier alpha value is -2.94. The van der Waals surface area contributed by atoms with Gasteiger partial charge in [-0.2, -0.15) is 0 Å². The van der Waals surface area contributed by atoms with E-state index in [1.165, 1.54) is 18.2 Å². The molecular formula is C19H23N3O5S. The van der Waals surface area contributed by atoms with Gasteiger partial charge < -0.3 is 5.32 Å². The summed E-state index contributed by atoms with van der Waals surface area (Å²) < 4.78 is 25.2. The molecule has 9 heteroatoms. The van der Waals surface area contributed by atoms with Crippen LogP contribution >= 0.6 is 0 Å².